The molecule has 0 N–H and O–H groups in total. The van der Waals surface area contributed by atoms with E-state index in [4.69, 9.17) is 0 Å². The van der Waals surface area contributed by atoms with Crippen LogP contribution in [0.25, 0.3) is 0 Å². The molecule has 0 aromatic heterocycles. The monoisotopic (exact) mass is 412 g/mol. The largest absolute Gasteiger partial charge is 0.298 e. The van der Waals surface area contributed by atoms with E-state index in [1.54, 1.807) is 0 Å². The molecular weight excluding hydrogens is 376 g/mol. The summed E-state index contributed by atoms with van der Waals surface area (Å²) in [6.45, 7) is 18.3. The fraction of sp³-hybridized carbons (Fsp3) is 0.500. The van der Waals surface area contributed by atoms with Gasteiger partial charge in [-0.1, -0.05) is 72.1 Å². The van der Waals surface area contributed by atoms with Crippen LogP contribution in [0.15, 0.2) is 48.1 Å². The van der Waals surface area contributed by atoms with Crippen LogP contribution < -0.4 is 0 Å². The molecule has 0 aliphatic heterocycles. The van der Waals surface area contributed by atoms with Crippen molar-refractivity contribution in [1.29, 1.82) is 0 Å². The van der Waals surface area contributed by atoms with Crippen molar-refractivity contribution in [1.82, 2.24) is 0 Å². The molecule has 1 nitrogen and oxygen atoms in total. The summed E-state index contributed by atoms with van der Waals surface area (Å²) in [7, 11) is 0. The van der Waals surface area contributed by atoms with Gasteiger partial charge in [-0.25, -0.2) is 0 Å². The van der Waals surface area contributed by atoms with Crippen molar-refractivity contribution < 1.29 is 4.79 Å². The smallest absolute Gasteiger partial charge is 0.151 e. The SMILES string of the molecule is C=C1/C=C(C#Cc2cc3c(cc2C=O)C2(C)CCC3(C)C2)\C=C/CC(C)(C)CC1(C)C. The summed E-state index contributed by atoms with van der Waals surface area (Å²) >= 11 is 0. The van der Waals surface area contributed by atoms with E-state index in [-0.39, 0.29) is 21.7 Å². The molecule has 0 amide bonds. The number of fused-ring (bicyclic) bond motifs is 5. The summed E-state index contributed by atoms with van der Waals surface area (Å²) < 4.78 is 0. The molecule has 1 saturated carbocycles. The van der Waals surface area contributed by atoms with Gasteiger partial charge in [0.05, 0.1) is 0 Å². The Morgan fingerprint density at radius 1 is 0.935 bits per heavy atom. The molecule has 0 radical (unpaired) electrons. The minimum Gasteiger partial charge on any atom is -0.298 e. The van der Waals surface area contributed by atoms with Gasteiger partial charge in [0.1, 0.15) is 0 Å². The van der Waals surface area contributed by atoms with Gasteiger partial charge in [-0.3, -0.25) is 4.79 Å². The van der Waals surface area contributed by atoms with Crippen molar-refractivity contribution in [3.63, 3.8) is 0 Å². The Kier molecular flexibility index (Phi) is 5.01. The minimum absolute atomic E-state index is 0.0211. The molecule has 1 aromatic rings. The molecule has 0 spiro atoms. The van der Waals surface area contributed by atoms with E-state index in [9.17, 15) is 4.79 Å². The molecule has 3 aliphatic carbocycles. The highest BCUT2D eigenvalue weighted by Crippen LogP contribution is 2.60. The van der Waals surface area contributed by atoms with Crippen LogP contribution in [0, 0.1) is 22.7 Å². The van der Waals surface area contributed by atoms with Crippen molar-refractivity contribution in [2.24, 2.45) is 10.8 Å². The first-order valence-corrected chi connectivity index (χ1v) is 11.6. The average Bonchev–Trinajstić information content (AvgIpc) is 3.11. The third kappa shape index (κ3) is 3.87. The topological polar surface area (TPSA) is 17.1 Å². The number of carbonyl (C=O) groups is 1. The summed E-state index contributed by atoms with van der Waals surface area (Å²) in [5.41, 5.74) is 7.10. The van der Waals surface area contributed by atoms with Crippen molar-refractivity contribution >= 4 is 6.29 Å². The highest BCUT2D eigenvalue weighted by Gasteiger charge is 2.53. The first kappa shape index (κ1) is 21.9. The fourth-order valence-corrected chi connectivity index (χ4v) is 6.41. The summed E-state index contributed by atoms with van der Waals surface area (Å²) in [6.07, 6.45) is 13.2. The van der Waals surface area contributed by atoms with E-state index >= 15 is 0 Å². The summed E-state index contributed by atoms with van der Waals surface area (Å²) in [6, 6.07) is 4.33. The van der Waals surface area contributed by atoms with E-state index in [0.29, 0.717) is 0 Å². The van der Waals surface area contributed by atoms with Crippen LogP contribution in [0.2, 0.25) is 0 Å². The lowest BCUT2D eigenvalue weighted by Crippen LogP contribution is -2.23. The van der Waals surface area contributed by atoms with Gasteiger partial charge in [-0.2, -0.15) is 0 Å². The van der Waals surface area contributed by atoms with E-state index in [1.165, 1.54) is 30.4 Å². The third-order valence-corrected chi connectivity index (χ3v) is 8.05. The molecule has 3 aliphatic rings. The number of hydrogen-bond acceptors (Lipinski definition) is 1. The fourth-order valence-electron chi connectivity index (χ4n) is 6.41. The third-order valence-electron chi connectivity index (χ3n) is 8.05. The molecule has 0 heterocycles. The number of allylic oxidation sites excluding steroid dienone is 5. The summed E-state index contributed by atoms with van der Waals surface area (Å²) in [5, 5.41) is 0. The minimum atomic E-state index is 0.0211. The normalized spacial score (nSPS) is 33.1. The number of hydrogen-bond donors (Lipinski definition) is 0. The molecule has 162 valence electrons. The van der Waals surface area contributed by atoms with Gasteiger partial charge in [0.15, 0.2) is 6.29 Å². The van der Waals surface area contributed by atoms with Gasteiger partial charge in [-0.05, 0) is 88.7 Å². The Balaban J connectivity index is 1.75. The molecule has 0 saturated heterocycles. The van der Waals surface area contributed by atoms with Gasteiger partial charge in [0.2, 0.25) is 0 Å². The molecule has 31 heavy (non-hydrogen) atoms. The lowest BCUT2D eigenvalue weighted by molar-refractivity contribution is 0.112. The van der Waals surface area contributed by atoms with Crippen LogP contribution >= 0.6 is 0 Å². The second-order valence-corrected chi connectivity index (χ2v) is 12.1. The zero-order chi connectivity index (χ0) is 22.7. The van der Waals surface area contributed by atoms with Crippen molar-refractivity contribution in [2.45, 2.75) is 84.5 Å². The lowest BCUT2D eigenvalue weighted by Gasteiger charge is -2.34. The number of benzene rings is 1. The zero-order valence-corrected chi connectivity index (χ0v) is 20.1. The Morgan fingerprint density at radius 3 is 2.23 bits per heavy atom. The lowest BCUT2D eigenvalue weighted by atomic mass is 9.70. The van der Waals surface area contributed by atoms with Gasteiger partial charge >= 0.3 is 0 Å². The molecule has 1 heteroatoms. The van der Waals surface area contributed by atoms with Gasteiger partial charge in [0, 0.05) is 16.7 Å². The van der Waals surface area contributed by atoms with Crippen molar-refractivity contribution in [3.05, 3.63) is 70.3 Å². The van der Waals surface area contributed by atoms with Gasteiger partial charge in [-0.15, -0.1) is 0 Å². The number of rotatable bonds is 1. The zero-order valence-electron chi connectivity index (χ0n) is 20.1. The molecule has 1 fully saturated rings. The maximum absolute atomic E-state index is 11.9. The summed E-state index contributed by atoms with van der Waals surface area (Å²) in [4.78, 5) is 11.9. The Labute approximate surface area is 188 Å². The Hall–Kier alpha value is -2.33. The Bertz CT molecular complexity index is 1080. The quantitative estimate of drug-likeness (QED) is 0.346. The second-order valence-electron chi connectivity index (χ2n) is 12.1. The highest BCUT2D eigenvalue weighted by atomic mass is 16.1. The first-order chi connectivity index (χ1) is 14.4. The standard InChI is InChI=1S/C30H36O/c1-21-15-22(9-8-12-27(2,3)19-28(21,4)5)10-11-23-16-25-26(17-24(23)18-31)30(7)14-13-29(25,6)20-30/h8-9,15-18H,1,12-14,19-20H2,2-7H3/b9-8-,22-15+. The number of carbonyl (C=O) groups excluding carboxylic acids is 1. The van der Waals surface area contributed by atoms with Crippen LogP contribution in [0.3, 0.4) is 0 Å². The van der Waals surface area contributed by atoms with E-state index in [1.807, 2.05) is 0 Å². The summed E-state index contributed by atoms with van der Waals surface area (Å²) in [5.74, 6) is 6.71. The average molecular weight is 413 g/mol. The van der Waals surface area contributed by atoms with Crippen LogP contribution in [0.1, 0.15) is 101 Å². The maximum Gasteiger partial charge on any atom is 0.151 e. The molecule has 1 aromatic carbocycles. The molecule has 4 rings (SSSR count). The van der Waals surface area contributed by atoms with Crippen LogP contribution in [-0.2, 0) is 10.8 Å². The Morgan fingerprint density at radius 2 is 1.58 bits per heavy atom. The molecule has 2 atom stereocenters. The second kappa shape index (κ2) is 7.09. The van der Waals surface area contributed by atoms with Crippen molar-refractivity contribution in [2.75, 3.05) is 0 Å². The van der Waals surface area contributed by atoms with Crippen molar-refractivity contribution in [3.8, 4) is 11.8 Å². The molecular formula is C30H36O. The predicted molar refractivity (Wildman–Crippen MR) is 130 cm³/mol. The highest BCUT2D eigenvalue weighted by molar-refractivity contribution is 5.81. The van der Waals surface area contributed by atoms with E-state index < -0.39 is 0 Å². The molecule has 2 unspecified atom stereocenters. The van der Waals surface area contributed by atoms with Gasteiger partial charge in [0.25, 0.3) is 0 Å². The van der Waals surface area contributed by atoms with Crippen LogP contribution in [0.4, 0.5) is 0 Å². The maximum atomic E-state index is 11.9. The predicted octanol–water partition coefficient (Wildman–Crippen LogP) is 7.45. The van der Waals surface area contributed by atoms with Crippen LogP contribution in [-0.4, -0.2) is 6.29 Å². The number of aldehydes is 1. The van der Waals surface area contributed by atoms with E-state index in [0.717, 1.165) is 41.4 Å². The molecule has 2 bridgehead atoms. The van der Waals surface area contributed by atoms with Crippen LogP contribution in [0.5, 0.6) is 0 Å². The first-order valence-electron chi connectivity index (χ1n) is 11.6. The van der Waals surface area contributed by atoms with Gasteiger partial charge < -0.3 is 0 Å². The van der Waals surface area contributed by atoms with E-state index in [2.05, 4.69) is 90.3 Å².